The standard InChI is InChI=1S/C10H7BrN2O/c11-8-6-9(14)12-13-10(8)7-4-2-1-3-5-7/h1-6,10H. The van der Waals surface area contributed by atoms with E-state index in [0.717, 1.165) is 10.0 Å². The molecule has 0 fully saturated rings. The normalized spacial score (nSPS) is 20.8. The fourth-order valence-electron chi connectivity index (χ4n) is 1.26. The Morgan fingerprint density at radius 3 is 2.57 bits per heavy atom. The molecule has 0 saturated heterocycles. The number of hydrogen-bond donors (Lipinski definition) is 0. The van der Waals surface area contributed by atoms with Gasteiger partial charge in [-0.05, 0) is 5.56 Å². The molecule has 1 aliphatic rings. The van der Waals surface area contributed by atoms with Crippen molar-refractivity contribution in [2.75, 3.05) is 0 Å². The lowest BCUT2D eigenvalue weighted by atomic mass is 10.1. The molecule has 1 unspecified atom stereocenters. The minimum atomic E-state index is -0.316. The largest absolute Gasteiger partial charge is 0.288 e. The number of rotatable bonds is 1. The number of hydrogen-bond acceptors (Lipinski definition) is 2. The average molecular weight is 251 g/mol. The molecule has 14 heavy (non-hydrogen) atoms. The first-order chi connectivity index (χ1) is 6.77. The second-order valence-electron chi connectivity index (χ2n) is 2.90. The summed E-state index contributed by atoms with van der Waals surface area (Å²) in [5.41, 5.74) is 1.02. The highest BCUT2D eigenvalue weighted by Crippen LogP contribution is 2.32. The van der Waals surface area contributed by atoms with Crippen LogP contribution in [0, 0.1) is 0 Å². The van der Waals surface area contributed by atoms with Crippen LogP contribution in [-0.4, -0.2) is 5.91 Å². The van der Waals surface area contributed by atoms with Gasteiger partial charge in [-0.2, -0.15) is 5.11 Å². The van der Waals surface area contributed by atoms with E-state index in [1.807, 2.05) is 30.3 Å². The monoisotopic (exact) mass is 250 g/mol. The summed E-state index contributed by atoms with van der Waals surface area (Å²) in [5.74, 6) is -0.316. The SMILES string of the molecule is O=C1C=C(Br)C(c2ccccc2)N=N1. The van der Waals surface area contributed by atoms with Gasteiger partial charge in [0.05, 0.1) is 0 Å². The third-order valence-corrected chi connectivity index (χ3v) is 2.57. The van der Waals surface area contributed by atoms with Crippen LogP contribution in [0.1, 0.15) is 11.6 Å². The second kappa shape index (κ2) is 3.84. The van der Waals surface area contributed by atoms with Crippen molar-refractivity contribution in [3.8, 4) is 0 Å². The summed E-state index contributed by atoms with van der Waals surface area (Å²) in [6.45, 7) is 0. The molecule has 0 aliphatic carbocycles. The average Bonchev–Trinajstić information content (AvgIpc) is 2.19. The summed E-state index contributed by atoms with van der Waals surface area (Å²) < 4.78 is 0.753. The fraction of sp³-hybridized carbons (Fsp3) is 0.100. The van der Waals surface area contributed by atoms with E-state index in [0.29, 0.717) is 0 Å². The van der Waals surface area contributed by atoms with E-state index < -0.39 is 0 Å². The first-order valence-electron chi connectivity index (χ1n) is 4.14. The lowest BCUT2D eigenvalue weighted by Crippen LogP contribution is -2.02. The van der Waals surface area contributed by atoms with Crippen molar-refractivity contribution in [1.82, 2.24) is 0 Å². The number of azo groups is 1. The second-order valence-corrected chi connectivity index (χ2v) is 3.81. The van der Waals surface area contributed by atoms with E-state index in [2.05, 4.69) is 26.2 Å². The maximum absolute atomic E-state index is 10.9. The molecular formula is C10H7BrN2O. The highest BCUT2D eigenvalue weighted by atomic mass is 79.9. The number of carbonyl (C=O) groups is 1. The molecule has 0 aromatic heterocycles. The molecule has 0 spiro atoms. The number of carbonyl (C=O) groups excluding carboxylic acids is 1. The van der Waals surface area contributed by atoms with Gasteiger partial charge in [-0.15, -0.1) is 5.11 Å². The van der Waals surface area contributed by atoms with Gasteiger partial charge in [-0.25, -0.2) is 0 Å². The van der Waals surface area contributed by atoms with Gasteiger partial charge in [0.2, 0.25) is 0 Å². The molecule has 3 nitrogen and oxygen atoms in total. The quantitative estimate of drug-likeness (QED) is 0.756. The lowest BCUT2D eigenvalue weighted by Gasteiger charge is -2.12. The summed E-state index contributed by atoms with van der Waals surface area (Å²) >= 11 is 3.32. The van der Waals surface area contributed by atoms with Crippen molar-refractivity contribution in [2.45, 2.75) is 6.04 Å². The molecule has 1 aromatic rings. The van der Waals surface area contributed by atoms with Gasteiger partial charge in [0.25, 0.3) is 5.91 Å². The van der Waals surface area contributed by atoms with Crippen molar-refractivity contribution >= 4 is 21.8 Å². The predicted octanol–water partition coefficient (Wildman–Crippen LogP) is 3.00. The van der Waals surface area contributed by atoms with E-state index in [-0.39, 0.29) is 11.9 Å². The van der Waals surface area contributed by atoms with E-state index >= 15 is 0 Å². The Kier molecular flexibility index (Phi) is 2.54. The molecule has 70 valence electrons. The van der Waals surface area contributed by atoms with Crippen LogP contribution in [0.4, 0.5) is 0 Å². The van der Waals surface area contributed by atoms with Crippen LogP contribution < -0.4 is 0 Å². The molecule has 0 N–H and O–H groups in total. The highest BCUT2D eigenvalue weighted by molar-refractivity contribution is 9.11. The minimum Gasteiger partial charge on any atom is -0.266 e. The number of amides is 1. The molecular weight excluding hydrogens is 244 g/mol. The highest BCUT2D eigenvalue weighted by Gasteiger charge is 2.18. The van der Waals surface area contributed by atoms with Gasteiger partial charge < -0.3 is 0 Å². The Labute approximate surface area is 89.7 Å². The Hall–Kier alpha value is -1.29. The zero-order valence-electron chi connectivity index (χ0n) is 7.22. The van der Waals surface area contributed by atoms with Gasteiger partial charge in [0.1, 0.15) is 6.04 Å². The number of benzene rings is 1. The maximum Gasteiger partial charge on any atom is 0.288 e. The van der Waals surface area contributed by atoms with Gasteiger partial charge in [-0.3, -0.25) is 4.79 Å². The molecule has 4 heteroatoms. The third kappa shape index (κ3) is 1.80. The Morgan fingerprint density at radius 2 is 1.93 bits per heavy atom. The zero-order chi connectivity index (χ0) is 9.97. The summed E-state index contributed by atoms with van der Waals surface area (Å²) in [5, 5.41) is 7.44. The third-order valence-electron chi connectivity index (χ3n) is 1.91. The fourth-order valence-corrected chi connectivity index (χ4v) is 1.81. The van der Waals surface area contributed by atoms with E-state index in [9.17, 15) is 4.79 Å². The van der Waals surface area contributed by atoms with Crippen LogP contribution in [0.2, 0.25) is 0 Å². The van der Waals surface area contributed by atoms with E-state index in [1.54, 1.807) is 0 Å². The summed E-state index contributed by atoms with van der Waals surface area (Å²) in [6, 6.07) is 9.53. The van der Waals surface area contributed by atoms with Crippen LogP contribution >= 0.6 is 15.9 Å². The topological polar surface area (TPSA) is 41.8 Å². The number of nitrogens with zero attached hydrogens (tertiary/aromatic N) is 2. The van der Waals surface area contributed by atoms with Crippen LogP contribution in [0.5, 0.6) is 0 Å². The van der Waals surface area contributed by atoms with E-state index in [1.165, 1.54) is 6.08 Å². The smallest absolute Gasteiger partial charge is 0.266 e. The van der Waals surface area contributed by atoms with Crippen molar-refractivity contribution in [3.05, 3.63) is 46.5 Å². The van der Waals surface area contributed by atoms with Crippen molar-refractivity contribution in [3.63, 3.8) is 0 Å². The van der Waals surface area contributed by atoms with Gasteiger partial charge in [-0.1, -0.05) is 46.3 Å². The summed E-state index contributed by atoms with van der Waals surface area (Å²) in [6.07, 6.45) is 1.45. The maximum atomic E-state index is 10.9. The minimum absolute atomic E-state index is 0.172. The van der Waals surface area contributed by atoms with Crippen LogP contribution in [0.25, 0.3) is 0 Å². The van der Waals surface area contributed by atoms with Crippen molar-refractivity contribution in [1.29, 1.82) is 0 Å². The molecule has 0 radical (unpaired) electrons. The number of halogens is 1. The molecule has 0 saturated carbocycles. The van der Waals surface area contributed by atoms with Crippen LogP contribution in [0.15, 0.2) is 51.1 Å². The Morgan fingerprint density at radius 1 is 1.21 bits per heavy atom. The van der Waals surface area contributed by atoms with E-state index in [4.69, 9.17) is 0 Å². The van der Waals surface area contributed by atoms with Gasteiger partial charge in [0.15, 0.2) is 0 Å². The molecule has 1 atom stereocenters. The van der Waals surface area contributed by atoms with Crippen LogP contribution in [0.3, 0.4) is 0 Å². The molecule has 0 bridgehead atoms. The Balaban J connectivity index is 2.34. The van der Waals surface area contributed by atoms with Gasteiger partial charge in [0, 0.05) is 10.6 Å². The zero-order valence-corrected chi connectivity index (χ0v) is 8.81. The molecule has 1 amide bonds. The first kappa shape index (κ1) is 9.27. The predicted molar refractivity (Wildman–Crippen MR) is 56.1 cm³/mol. The van der Waals surface area contributed by atoms with Gasteiger partial charge >= 0.3 is 0 Å². The molecule has 1 aromatic carbocycles. The Bertz CT molecular complexity index is 411. The van der Waals surface area contributed by atoms with Crippen LogP contribution in [-0.2, 0) is 4.79 Å². The molecule has 1 aliphatic heterocycles. The van der Waals surface area contributed by atoms with Crippen molar-refractivity contribution in [2.24, 2.45) is 10.2 Å². The molecule has 1 heterocycles. The summed E-state index contributed by atoms with van der Waals surface area (Å²) in [7, 11) is 0. The lowest BCUT2D eigenvalue weighted by molar-refractivity contribution is -0.114. The first-order valence-corrected chi connectivity index (χ1v) is 4.93. The summed E-state index contributed by atoms with van der Waals surface area (Å²) in [4.78, 5) is 10.9. The molecule has 2 rings (SSSR count). The van der Waals surface area contributed by atoms with Crippen molar-refractivity contribution < 1.29 is 4.79 Å².